The average molecular weight is 808 g/mol. The SMILES string of the molecule is CCCCCCC1(CCCCCC)c2ccccc2-c2ccc(N(c3ccc4c(c3)C(CCCCCC)(CCCCCC)c3ccccc3-4)c3ccc4ccccc4c3)cc21. The monoisotopic (exact) mass is 808 g/mol. The number of unbranched alkanes of at least 4 members (excludes halogenated alkanes) is 12. The van der Waals surface area contributed by atoms with Gasteiger partial charge in [0.25, 0.3) is 0 Å². The third kappa shape index (κ3) is 8.61. The first kappa shape index (κ1) is 43.0. The van der Waals surface area contributed by atoms with Crippen LogP contribution in [0.25, 0.3) is 33.0 Å². The molecule has 0 N–H and O–H groups in total. The maximum atomic E-state index is 2.65. The third-order valence-electron chi connectivity index (χ3n) is 14.8. The van der Waals surface area contributed by atoms with Crippen LogP contribution in [-0.2, 0) is 10.8 Å². The van der Waals surface area contributed by atoms with Crippen molar-refractivity contribution in [1.29, 1.82) is 0 Å². The highest BCUT2D eigenvalue weighted by molar-refractivity contribution is 5.92. The summed E-state index contributed by atoms with van der Waals surface area (Å²) in [7, 11) is 0. The molecule has 0 heterocycles. The molecule has 1 nitrogen and oxygen atoms in total. The molecule has 6 aromatic carbocycles. The van der Waals surface area contributed by atoms with Crippen molar-refractivity contribution < 1.29 is 0 Å². The molecule has 8 rings (SSSR count). The van der Waals surface area contributed by atoms with E-state index in [1.54, 1.807) is 22.3 Å². The lowest BCUT2D eigenvalue weighted by Crippen LogP contribution is -2.26. The van der Waals surface area contributed by atoms with Gasteiger partial charge in [0.05, 0.1) is 0 Å². The largest absolute Gasteiger partial charge is 0.310 e. The highest BCUT2D eigenvalue weighted by Gasteiger charge is 2.44. The Hall–Kier alpha value is -4.62. The number of rotatable bonds is 23. The third-order valence-corrected chi connectivity index (χ3v) is 14.8. The number of hydrogen-bond acceptors (Lipinski definition) is 1. The minimum absolute atomic E-state index is 0.0319. The second-order valence-corrected chi connectivity index (χ2v) is 18.8. The summed E-state index contributed by atoms with van der Waals surface area (Å²) in [6.45, 7) is 9.37. The molecule has 0 radical (unpaired) electrons. The van der Waals surface area contributed by atoms with Crippen molar-refractivity contribution in [2.75, 3.05) is 4.90 Å². The van der Waals surface area contributed by atoms with E-state index < -0.39 is 0 Å². The van der Waals surface area contributed by atoms with Gasteiger partial charge in [0.2, 0.25) is 0 Å². The summed E-state index contributed by atoms with van der Waals surface area (Å²) in [6.07, 6.45) is 25.6. The first-order valence-corrected chi connectivity index (χ1v) is 24.9. The van der Waals surface area contributed by atoms with Crippen LogP contribution < -0.4 is 4.90 Å². The van der Waals surface area contributed by atoms with E-state index in [0.29, 0.717) is 0 Å². The molecule has 0 saturated heterocycles. The fourth-order valence-electron chi connectivity index (χ4n) is 11.7. The Morgan fingerprint density at radius 3 is 1.11 bits per heavy atom. The lowest BCUT2D eigenvalue weighted by atomic mass is 9.70. The van der Waals surface area contributed by atoms with Crippen LogP contribution in [0.4, 0.5) is 17.1 Å². The van der Waals surface area contributed by atoms with Gasteiger partial charge in [-0.05, 0) is 117 Å². The van der Waals surface area contributed by atoms with E-state index in [-0.39, 0.29) is 10.8 Å². The summed E-state index contributed by atoms with van der Waals surface area (Å²) in [4.78, 5) is 2.62. The van der Waals surface area contributed by atoms with Crippen LogP contribution in [0.15, 0.2) is 127 Å². The Morgan fingerprint density at radius 2 is 0.672 bits per heavy atom. The molecule has 0 atom stereocenters. The smallest absolute Gasteiger partial charge is 0.0468 e. The van der Waals surface area contributed by atoms with Gasteiger partial charge in [0.15, 0.2) is 0 Å². The lowest BCUT2D eigenvalue weighted by molar-refractivity contribution is 0.401. The van der Waals surface area contributed by atoms with Gasteiger partial charge in [-0.2, -0.15) is 0 Å². The van der Waals surface area contributed by atoms with Gasteiger partial charge < -0.3 is 4.90 Å². The van der Waals surface area contributed by atoms with E-state index >= 15 is 0 Å². The molecular weight excluding hydrogens is 735 g/mol. The van der Waals surface area contributed by atoms with E-state index in [2.05, 4.69) is 160 Å². The molecule has 0 amide bonds. The van der Waals surface area contributed by atoms with Crippen molar-refractivity contribution in [3.8, 4) is 22.3 Å². The van der Waals surface area contributed by atoms with Crippen LogP contribution in [0.3, 0.4) is 0 Å². The van der Waals surface area contributed by atoms with Crippen molar-refractivity contribution in [2.45, 2.75) is 167 Å². The number of anilines is 3. The van der Waals surface area contributed by atoms with E-state index in [4.69, 9.17) is 0 Å². The van der Waals surface area contributed by atoms with Crippen LogP contribution in [-0.4, -0.2) is 0 Å². The topological polar surface area (TPSA) is 3.24 Å². The highest BCUT2D eigenvalue weighted by Crippen LogP contribution is 2.58. The minimum Gasteiger partial charge on any atom is -0.310 e. The molecule has 0 spiro atoms. The first-order valence-electron chi connectivity index (χ1n) is 24.9. The van der Waals surface area contributed by atoms with Crippen LogP contribution in [0.1, 0.15) is 178 Å². The lowest BCUT2D eigenvalue weighted by Gasteiger charge is -2.35. The maximum absolute atomic E-state index is 2.65. The molecule has 0 saturated carbocycles. The van der Waals surface area contributed by atoms with Crippen molar-refractivity contribution in [2.24, 2.45) is 0 Å². The molecule has 0 fully saturated rings. The maximum Gasteiger partial charge on any atom is 0.0468 e. The van der Waals surface area contributed by atoms with E-state index in [1.807, 2.05) is 0 Å². The summed E-state index contributed by atoms with van der Waals surface area (Å²) in [5.74, 6) is 0. The molecule has 61 heavy (non-hydrogen) atoms. The fourth-order valence-corrected chi connectivity index (χ4v) is 11.7. The Bertz CT molecular complexity index is 2210. The molecular formula is C60H73N. The zero-order valence-corrected chi connectivity index (χ0v) is 38.2. The summed E-state index contributed by atoms with van der Waals surface area (Å²) in [5.41, 5.74) is 15.9. The second kappa shape index (κ2) is 20.0. The van der Waals surface area contributed by atoms with Crippen LogP contribution in [0.5, 0.6) is 0 Å². The zero-order valence-electron chi connectivity index (χ0n) is 38.2. The molecule has 6 aromatic rings. The van der Waals surface area contributed by atoms with Crippen LogP contribution in [0, 0.1) is 0 Å². The van der Waals surface area contributed by atoms with Crippen molar-refractivity contribution in [3.63, 3.8) is 0 Å². The van der Waals surface area contributed by atoms with Gasteiger partial charge in [0.1, 0.15) is 0 Å². The average Bonchev–Trinajstić information content (AvgIpc) is 3.73. The molecule has 0 unspecified atom stereocenters. The predicted octanol–water partition coefficient (Wildman–Crippen LogP) is 18.7. The van der Waals surface area contributed by atoms with Gasteiger partial charge in [0, 0.05) is 27.9 Å². The summed E-state index contributed by atoms with van der Waals surface area (Å²) in [5, 5.41) is 2.57. The molecule has 0 aliphatic heterocycles. The zero-order chi connectivity index (χ0) is 42.1. The molecule has 2 aliphatic carbocycles. The van der Waals surface area contributed by atoms with Crippen molar-refractivity contribution in [1.82, 2.24) is 0 Å². The van der Waals surface area contributed by atoms with Gasteiger partial charge in [-0.15, -0.1) is 0 Å². The van der Waals surface area contributed by atoms with Gasteiger partial charge in [-0.25, -0.2) is 0 Å². The number of hydrogen-bond donors (Lipinski definition) is 0. The van der Waals surface area contributed by atoms with E-state index in [9.17, 15) is 0 Å². The first-order chi connectivity index (χ1) is 30.1. The summed E-state index contributed by atoms with van der Waals surface area (Å²) < 4.78 is 0. The second-order valence-electron chi connectivity index (χ2n) is 18.8. The minimum atomic E-state index is 0.0319. The number of fused-ring (bicyclic) bond motifs is 7. The van der Waals surface area contributed by atoms with E-state index in [1.165, 1.54) is 179 Å². The summed E-state index contributed by atoms with van der Waals surface area (Å²) >= 11 is 0. The van der Waals surface area contributed by atoms with E-state index in [0.717, 1.165) is 0 Å². The number of benzene rings is 6. The van der Waals surface area contributed by atoms with Crippen molar-refractivity contribution >= 4 is 27.8 Å². The normalized spacial score (nSPS) is 14.2. The Kier molecular flexibility index (Phi) is 14.1. The fraction of sp³-hybridized carbons (Fsp3) is 0.433. The van der Waals surface area contributed by atoms with Gasteiger partial charge in [-0.1, -0.05) is 221 Å². The predicted molar refractivity (Wildman–Crippen MR) is 266 cm³/mol. The Balaban J connectivity index is 1.30. The molecule has 0 bridgehead atoms. The van der Waals surface area contributed by atoms with Crippen LogP contribution in [0.2, 0.25) is 0 Å². The van der Waals surface area contributed by atoms with Crippen LogP contribution >= 0.6 is 0 Å². The van der Waals surface area contributed by atoms with Crippen molar-refractivity contribution in [3.05, 3.63) is 150 Å². The standard InChI is InChI=1S/C60H73N/c1-5-9-13-23-39-59(40-24-14-10-6-2)55-31-21-19-29-51(55)53-37-35-49(44-57(53)59)61(48-34-33-46-27-17-18-28-47(46)43-48)50-36-38-54-52-30-20-22-32-56(52)60(58(54)45-50,41-25-15-11-7-3)42-26-16-12-8-4/h17-22,27-38,43-45H,5-16,23-26,39-42H2,1-4H3. The molecule has 1 heteroatoms. The highest BCUT2D eigenvalue weighted by atomic mass is 15.1. The quantitative estimate of drug-likeness (QED) is 0.0583. The number of nitrogens with zero attached hydrogens (tertiary/aromatic N) is 1. The summed E-state index contributed by atoms with van der Waals surface area (Å²) in [6, 6.07) is 50.1. The van der Waals surface area contributed by atoms with Gasteiger partial charge >= 0.3 is 0 Å². The Labute approximate surface area is 370 Å². The Morgan fingerprint density at radius 1 is 0.311 bits per heavy atom. The molecule has 2 aliphatic rings. The molecule has 318 valence electrons. The van der Waals surface area contributed by atoms with Gasteiger partial charge in [-0.3, -0.25) is 0 Å². The molecule has 0 aromatic heterocycles.